The maximum atomic E-state index is 12.6. The Morgan fingerprint density at radius 3 is 2.90 bits per heavy atom. The van der Waals surface area contributed by atoms with Gasteiger partial charge in [0.2, 0.25) is 5.91 Å². The van der Waals surface area contributed by atoms with Crippen molar-refractivity contribution in [3.63, 3.8) is 0 Å². The van der Waals surface area contributed by atoms with E-state index in [0.29, 0.717) is 11.3 Å². The van der Waals surface area contributed by atoms with Crippen LogP contribution in [0.4, 0.5) is 5.69 Å². The first-order valence-corrected chi connectivity index (χ1v) is 6.66. The maximum absolute atomic E-state index is 12.6. The monoisotopic (exact) mass is 281 g/mol. The first-order chi connectivity index (χ1) is 10.2. The highest BCUT2D eigenvalue weighted by Crippen LogP contribution is 2.38. The van der Waals surface area contributed by atoms with Gasteiger partial charge in [-0.15, -0.1) is 0 Å². The van der Waals surface area contributed by atoms with Crippen LogP contribution < -0.4 is 10.2 Å². The van der Waals surface area contributed by atoms with Gasteiger partial charge in [0.25, 0.3) is 5.91 Å². The van der Waals surface area contributed by atoms with Crippen LogP contribution in [0, 0.1) is 0 Å². The van der Waals surface area contributed by atoms with E-state index in [1.807, 2.05) is 12.1 Å². The standard InChI is InChI=1S/C15H11N3O3/c19-9-4-12(14(20)17-6-9)18-11-3-1-2-8-5-16-7-10(13(8)11)15(18)21/h1-3,5,7,12H,4,6H2,(H,17,20). The molecular weight excluding hydrogens is 270 g/mol. The van der Waals surface area contributed by atoms with Gasteiger partial charge in [0.05, 0.1) is 17.8 Å². The third-order valence-electron chi connectivity index (χ3n) is 3.97. The van der Waals surface area contributed by atoms with Gasteiger partial charge in [-0.05, 0) is 6.07 Å². The molecule has 0 aliphatic carbocycles. The molecule has 1 N–H and O–H groups in total. The van der Waals surface area contributed by atoms with Crippen LogP contribution in [0.15, 0.2) is 30.6 Å². The Morgan fingerprint density at radius 1 is 1.19 bits per heavy atom. The fourth-order valence-electron chi connectivity index (χ4n) is 3.02. The van der Waals surface area contributed by atoms with E-state index in [1.165, 1.54) is 11.1 Å². The molecule has 4 rings (SSSR count). The Balaban J connectivity index is 1.89. The second-order valence-electron chi connectivity index (χ2n) is 5.21. The van der Waals surface area contributed by atoms with E-state index >= 15 is 0 Å². The van der Waals surface area contributed by atoms with E-state index < -0.39 is 6.04 Å². The molecular formula is C15H11N3O3. The van der Waals surface area contributed by atoms with E-state index in [9.17, 15) is 14.4 Å². The summed E-state index contributed by atoms with van der Waals surface area (Å²) in [6.07, 6.45) is 3.25. The number of amides is 2. The summed E-state index contributed by atoms with van der Waals surface area (Å²) in [4.78, 5) is 41.8. The number of piperidine rings is 1. The van der Waals surface area contributed by atoms with Crippen LogP contribution in [0.1, 0.15) is 16.8 Å². The summed E-state index contributed by atoms with van der Waals surface area (Å²) in [7, 11) is 0. The Morgan fingerprint density at radius 2 is 2.05 bits per heavy atom. The number of nitrogens with zero attached hydrogens (tertiary/aromatic N) is 2. The lowest BCUT2D eigenvalue weighted by atomic mass is 10.0. The first-order valence-electron chi connectivity index (χ1n) is 6.66. The number of benzene rings is 1. The van der Waals surface area contributed by atoms with Crippen LogP contribution in [0.25, 0.3) is 10.8 Å². The van der Waals surface area contributed by atoms with Crippen molar-refractivity contribution in [2.24, 2.45) is 0 Å². The highest BCUT2D eigenvalue weighted by molar-refractivity contribution is 6.26. The normalized spacial score (nSPS) is 21.0. The number of Topliss-reactive ketones (excluding diaryl/α,β-unsaturated/α-hetero) is 1. The summed E-state index contributed by atoms with van der Waals surface area (Å²) in [6, 6.07) is 4.70. The lowest BCUT2D eigenvalue weighted by Gasteiger charge is -2.30. The molecule has 104 valence electrons. The molecule has 1 unspecified atom stereocenters. The predicted molar refractivity (Wildman–Crippen MR) is 75.0 cm³/mol. The number of hydrogen-bond donors (Lipinski definition) is 1. The molecule has 1 fully saturated rings. The number of pyridine rings is 1. The van der Waals surface area contributed by atoms with Crippen LogP contribution in [0.2, 0.25) is 0 Å². The van der Waals surface area contributed by atoms with Gasteiger partial charge in [-0.25, -0.2) is 0 Å². The highest BCUT2D eigenvalue weighted by atomic mass is 16.2. The second kappa shape index (κ2) is 4.12. The van der Waals surface area contributed by atoms with E-state index in [0.717, 1.165) is 10.8 Å². The second-order valence-corrected chi connectivity index (χ2v) is 5.21. The maximum Gasteiger partial charge on any atom is 0.261 e. The van der Waals surface area contributed by atoms with Gasteiger partial charge in [-0.3, -0.25) is 24.3 Å². The van der Waals surface area contributed by atoms with Gasteiger partial charge in [-0.2, -0.15) is 0 Å². The first kappa shape index (κ1) is 12.0. The molecule has 0 radical (unpaired) electrons. The van der Waals surface area contributed by atoms with Crippen LogP contribution in [0.5, 0.6) is 0 Å². The van der Waals surface area contributed by atoms with Gasteiger partial charge >= 0.3 is 0 Å². The molecule has 1 aromatic carbocycles. The fraction of sp³-hybridized carbons (Fsp3) is 0.200. The zero-order valence-electron chi connectivity index (χ0n) is 11.0. The summed E-state index contributed by atoms with van der Waals surface area (Å²) in [5.74, 6) is -0.640. The number of rotatable bonds is 1. The van der Waals surface area contributed by atoms with Crippen molar-refractivity contribution in [1.29, 1.82) is 0 Å². The zero-order chi connectivity index (χ0) is 14.6. The van der Waals surface area contributed by atoms with Crippen molar-refractivity contribution in [3.8, 4) is 0 Å². The molecule has 2 aliphatic rings. The van der Waals surface area contributed by atoms with Crippen molar-refractivity contribution < 1.29 is 14.4 Å². The molecule has 2 aromatic rings. The van der Waals surface area contributed by atoms with Gasteiger partial charge in [0, 0.05) is 29.6 Å². The fourth-order valence-corrected chi connectivity index (χ4v) is 3.02. The Kier molecular flexibility index (Phi) is 2.35. The van der Waals surface area contributed by atoms with Crippen molar-refractivity contribution in [3.05, 3.63) is 36.2 Å². The number of anilines is 1. The number of hydrogen-bond acceptors (Lipinski definition) is 4. The van der Waals surface area contributed by atoms with Crippen molar-refractivity contribution in [2.45, 2.75) is 12.5 Å². The Hall–Kier alpha value is -2.76. The molecule has 1 atom stereocenters. The number of ketones is 1. The van der Waals surface area contributed by atoms with Crippen LogP contribution >= 0.6 is 0 Å². The average Bonchev–Trinajstić information content (AvgIpc) is 2.77. The predicted octanol–water partition coefficient (Wildman–Crippen LogP) is 0.653. The van der Waals surface area contributed by atoms with E-state index in [-0.39, 0.29) is 30.6 Å². The zero-order valence-corrected chi connectivity index (χ0v) is 11.0. The van der Waals surface area contributed by atoms with Crippen molar-refractivity contribution in [2.75, 3.05) is 11.4 Å². The Labute approximate surface area is 119 Å². The number of nitrogens with one attached hydrogen (secondary N) is 1. The molecule has 21 heavy (non-hydrogen) atoms. The molecule has 1 saturated heterocycles. The Bertz CT molecular complexity index is 810. The van der Waals surface area contributed by atoms with Crippen LogP contribution in [0.3, 0.4) is 0 Å². The van der Waals surface area contributed by atoms with Crippen molar-refractivity contribution in [1.82, 2.24) is 10.3 Å². The third kappa shape index (κ3) is 1.59. The summed E-state index contributed by atoms with van der Waals surface area (Å²) in [5.41, 5.74) is 1.15. The van der Waals surface area contributed by atoms with Gasteiger partial charge in [0.1, 0.15) is 6.04 Å². The quantitative estimate of drug-likeness (QED) is 0.832. The van der Waals surface area contributed by atoms with Crippen LogP contribution in [-0.4, -0.2) is 35.2 Å². The molecule has 0 bridgehead atoms. The molecule has 1 aromatic heterocycles. The minimum Gasteiger partial charge on any atom is -0.347 e. The summed E-state index contributed by atoms with van der Waals surface area (Å²) in [5, 5.41) is 4.19. The SMILES string of the molecule is O=C1CNC(=O)C(N2C(=O)c3cncc4cccc2c34)C1. The van der Waals surface area contributed by atoms with Gasteiger partial charge in [0.15, 0.2) is 5.78 Å². The number of carbonyl (C=O) groups is 3. The van der Waals surface area contributed by atoms with E-state index in [2.05, 4.69) is 10.3 Å². The van der Waals surface area contributed by atoms with Gasteiger partial charge in [-0.1, -0.05) is 12.1 Å². The largest absolute Gasteiger partial charge is 0.347 e. The molecule has 2 aliphatic heterocycles. The minimum atomic E-state index is -0.781. The number of carbonyl (C=O) groups excluding carboxylic acids is 3. The minimum absolute atomic E-state index is 0.0378. The van der Waals surface area contributed by atoms with E-state index in [1.54, 1.807) is 12.3 Å². The van der Waals surface area contributed by atoms with Crippen molar-refractivity contribution >= 4 is 34.1 Å². The molecule has 2 amide bonds. The molecule has 6 heteroatoms. The highest BCUT2D eigenvalue weighted by Gasteiger charge is 2.41. The van der Waals surface area contributed by atoms with Crippen LogP contribution in [-0.2, 0) is 9.59 Å². The smallest absolute Gasteiger partial charge is 0.261 e. The molecule has 6 nitrogen and oxygen atoms in total. The third-order valence-corrected chi connectivity index (χ3v) is 3.97. The van der Waals surface area contributed by atoms with Gasteiger partial charge < -0.3 is 5.32 Å². The van der Waals surface area contributed by atoms with E-state index in [4.69, 9.17) is 0 Å². The topological polar surface area (TPSA) is 79.4 Å². The lowest BCUT2D eigenvalue weighted by molar-refractivity contribution is -0.131. The summed E-state index contributed by atoms with van der Waals surface area (Å²) >= 11 is 0. The summed E-state index contributed by atoms with van der Waals surface area (Å²) in [6.45, 7) is 0.0378. The summed E-state index contributed by atoms with van der Waals surface area (Å²) < 4.78 is 0. The molecule has 0 spiro atoms. The molecule has 0 saturated carbocycles. The average molecular weight is 281 g/mol. The lowest BCUT2D eigenvalue weighted by Crippen LogP contribution is -2.54. The number of aromatic nitrogens is 1. The molecule has 3 heterocycles.